The van der Waals surface area contributed by atoms with E-state index in [9.17, 15) is 0 Å². The monoisotopic (exact) mass is 222 g/mol. The topological polar surface area (TPSA) is 33.4 Å². The summed E-state index contributed by atoms with van der Waals surface area (Å²) in [5.41, 5.74) is 0.928. The third-order valence-electron chi connectivity index (χ3n) is 2.05. The fraction of sp³-hybridized carbons (Fsp3) is 0.0667. The highest BCUT2D eigenvalue weighted by Crippen LogP contribution is 2.05. The summed E-state index contributed by atoms with van der Waals surface area (Å²) in [7, 11) is 0. The van der Waals surface area contributed by atoms with Crippen molar-refractivity contribution in [1.29, 1.82) is 0 Å². The van der Waals surface area contributed by atoms with Gasteiger partial charge in [-0.3, -0.25) is 0 Å². The Morgan fingerprint density at radius 3 is 2.41 bits per heavy atom. The molecule has 82 valence electrons. The predicted octanol–water partition coefficient (Wildman–Crippen LogP) is 2.18. The normalized spacial score (nSPS) is 8.76. The molecule has 1 aromatic heterocycles. The summed E-state index contributed by atoms with van der Waals surface area (Å²) in [6.45, 7) is -0.114. The standard InChI is InChI=1S/C15H10O2/c16-12-15-11-10-14(17-15)9-5-4-8-13-6-2-1-3-7-13/h1-3,6-7,10-11,16H,12H2. The Kier molecular flexibility index (Phi) is 3.65. The Hall–Kier alpha value is -2.42. The van der Waals surface area contributed by atoms with Crippen molar-refractivity contribution in [3.8, 4) is 23.7 Å². The van der Waals surface area contributed by atoms with Crippen molar-refractivity contribution in [2.45, 2.75) is 6.61 Å². The van der Waals surface area contributed by atoms with Crippen LogP contribution in [0.1, 0.15) is 17.1 Å². The Morgan fingerprint density at radius 1 is 0.941 bits per heavy atom. The minimum absolute atomic E-state index is 0.114. The first kappa shape index (κ1) is 11.1. The van der Waals surface area contributed by atoms with Gasteiger partial charge in [0, 0.05) is 5.56 Å². The molecular weight excluding hydrogens is 212 g/mol. The summed E-state index contributed by atoms with van der Waals surface area (Å²) in [4.78, 5) is 0. The van der Waals surface area contributed by atoms with Crippen LogP contribution in [0.2, 0.25) is 0 Å². The summed E-state index contributed by atoms with van der Waals surface area (Å²) in [5.74, 6) is 12.1. The number of benzene rings is 1. The summed E-state index contributed by atoms with van der Waals surface area (Å²) >= 11 is 0. The second-order valence-electron chi connectivity index (χ2n) is 3.29. The molecular formula is C15H10O2. The van der Waals surface area contributed by atoms with Crippen LogP contribution in [0.3, 0.4) is 0 Å². The largest absolute Gasteiger partial charge is 0.450 e. The molecule has 17 heavy (non-hydrogen) atoms. The van der Waals surface area contributed by atoms with Gasteiger partial charge in [0.25, 0.3) is 0 Å². The first-order valence-corrected chi connectivity index (χ1v) is 5.15. The Morgan fingerprint density at radius 2 is 1.71 bits per heavy atom. The Labute approximate surface area is 99.9 Å². The van der Waals surface area contributed by atoms with E-state index in [0.717, 1.165) is 5.56 Å². The number of hydrogen-bond acceptors (Lipinski definition) is 2. The molecule has 1 aromatic carbocycles. The van der Waals surface area contributed by atoms with Gasteiger partial charge in [0.1, 0.15) is 12.4 Å². The van der Waals surface area contributed by atoms with Gasteiger partial charge in [-0.2, -0.15) is 0 Å². The van der Waals surface area contributed by atoms with E-state index in [4.69, 9.17) is 9.52 Å². The van der Waals surface area contributed by atoms with E-state index in [1.807, 2.05) is 30.3 Å². The Balaban J connectivity index is 2.06. The fourth-order valence-electron chi connectivity index (χ4n) is 1.25. The molecule has 0 spiro atoms. The van der Waals surface area contributed by atoms with Crippen molar-refractivity contribution in [3.05, 3.63) is 59.5 Å². The van der Waals surface area contributed by atoms with E-state index in [2.05, 4.69) is 23.7 Å². The maximum absolute atomic E-state index is 8.80. The molecule has 0 atom stereocenters. The van der Waals surface area contributed by atoms with E-state index >= 15 is 0 Å². The van der Waals surface area contributed by atoms with Crippen molar-refractivity contribution in [2.75, 3.05) is 0 Å². The highest BCUT2D eigenvalue weighted by molar-refractivity contribution is 5.42. The molecule has 0 aliphatic heterocycles. The van der Waals surface area contributed by atoms with Gasteiger partial charge in [0.05, 0.1) is 0 Å². The highest BCUT2D eigenvalue weighted by Gasteiger charge is 1.95. The quantitative estimate of drug-likeness (QED) is 0.750. The number of aliphatic hydroxyl groups excluding tert-OH is 1. The number of rotatable bonds is 1. The van der Waals surface area contributed by atoms with E-state index in [1.54, 1.807) is 12.1 Å². The zero-order valence-electron chi connectivity index (χ0n) is 9.10. The molecule has 0 amide bonds. The van der Waals surface area contributed by atoms with Crippen molar-refractivity contribution in [2.24, 2.45) is 0 Å². The lowest BCUT2D eigenvalue weighted by Crippen LogP contribution is -1.73. The number of aliphatic hydroxyl groups is 1. The average molecular weight is 222 g/mol. The summed E-state index contributed by atoms with van der Waals surface area (Å²) in [6, 6.07) is 13.0. The van der Waals surface area contributed by atoms with Crippen molar-refractivity contribution >= 4 is 0 Å². The maximum atomic E-state index is 8.80. The summed E-state index contributed by atoms with van der Waals surface area (Å²) in [5, 5.41) is 8.80. The van der Waals surface area contributed by atoms with Crippen LogP contribution in [-0.4, -0.2) is 5.11 Å². The molecule has 2 heteroatoms. The zero-order chi connectivity index (χ0) is 11.9. The smallest absolute Gasteiger partial charge is 0.178 e. The van der Waals surface area contributed by atoms with Crippen molar-refractivity contribution in [1.82, 2.24) is 0 Å². The minimum atomic E-state index is -0.114. The molecule has 0 aliphatic carbocycles. The first-order chi connectivity index (χ1) is 8.38. The third kappa shape index (κ3) is 3.28. The Bertz CT molecular complexity index is 601. The lowest BCUT2D eigenvalue weighted by Gasteiger charge is -1.84. The van der Waals surface area contributed by atoms with E-state index < -0.39 is 0 Å². The molecule has 2 nitrogen and oxygen atoms in total. The fourth-order valence-corrected chi connectivity index (χ4v) is 1.25. The second kappa shape index (κ2) is 5.61. The van der Waals surface area contributed by atoms with Gasteiger partial charge in [-0.05, 0) is 42.0 Å². The molecule has 1 N–H and O–H groups in total. The van der Waals surface area contributed by atoms with Crippen LogP contribution in [-0.2, 0) is 6.61 Å². The molecule has 0 bridgehead atoms. The molecule has 0 saturated carbocycles. The van der Waals surface area contributed by atoms with Gasteiger partial charge in [-0.1, -0.05) is 24.1 Å². The third-order valence-corrected chi connectivity index (χ3v) is 2.05. The SMILES string of the molecule is OCc1ccc(C#CC#Cc2ccccc2)o1. The van der Waals surface area contributed by atoms with E-state index in [1.165, 1.54) is 0 Å². The molecule has 2 rings (SSSR count). The first-order valence-electron chi connectivity index (χ1n) is 5.15. The highest BCUT2D eigenvalue weighted by atomic mass is 16.4. The zero-order valence-corrected chi connectivity index (χ0v) is 9.10. The van der Waals surface area contributed by atoms with Crippen LogP contribution in [0.4, 0.5) is 0 Å². The van der Waals surface area contributed by atoms with Crippen LogP contribution in [0.25, 0.3) is 0 Å². The molecule has 1 heterocycles. The lowest BCUT2D eigenvalue weighted by atomic mass is 10.2. The van der Waals surface area contributed by atoms with Gasteiger partial charge < -0.3 is 9.52 Å². The van der Waals surface area contributed by atoms with E-state index in [0.29, 0.717) is 11.5 Å². The number of hydrogen-bond donors (Lipinski definition) is 1. The predicted molar refractivity (Wildman–Crippen MR) is 64.8 cm³/mol. The van der Waals surface area contributed by atoms with Crippen LogP contribution in [0.15, 0.2) is 46.9 Å². The van der Waals surface area contributed by atoms with Gasteiger partial charge in [-0.25, -0.2) is 0 Å². The lowest BCUT2D eigenvalue weighted by molar-refractivity contribution is 0.246. The average Bonchev–Trinajstić information content (AvgIpc) is 2.84. The molecule has 0 unspecified atom stereocenters. The summed E-state index contributed by atoms with van der Waals surface area (Å²) in [6.07, 6.45) is 0. The number of furan rings is 1. The van der Waals surface area contributed by atoms with Gasteiger partial charge in [0.15, 0.2) is 5.76 Å². The van der Waals surface area contributed by atoms with Crippen LogP contribution in [0, 0.1) is 23.7 Å². The van der Waals surface area contributed by atoms with Gasteiger partial charge >= 0.3 is 0 Å². The molecule has 0 radical (unpaired) electrons. The van der Waals surface area contributed by atoms with Crippen LogP contribution in [0.5, 0.6) is 0 Å². The minimum Gasteiger partial charge on any atom is -0.450 e. The van der Waals surface area contributed by atoms with Gasteiger partial charge in [-0.15, -0.1) is 0 Å². The molecule has 2 aromatic rings. The molecule has 0 saturated heterocycles. The van der Waals surface area contributed by atoms with Crippen LogP contribution >= 0.6 is 0 Å². The molecule has 0 aliphatic rings. The van der Waals surface area contributed by atoms with Crippen molar-refractivity contribution < 1.29 is 9.52 Å². The van der Waals surface area contributed by atoms with E-state index in [-0.39, 0.29) is 6.61 Å². The maximum Gasteiger partial charge on any atom is 0.178 e. The second-order valence-corrected chi connectivity index (χ2v) is 3.29. The van der Waals surface area contributed by atoms with Crippen molar-refractivity contribution in [3.63, 3.8) is 0 Å². The molecule has 0 fully saturated rings. The van der Waals surface area contributed by atoms with Crippen LogP contribution < -0.4 is 0 Å². The summed E-state index contributed by atoms with van der Waals surface area (Å²) < 4.78 is 5.19. The van der Waals surface area contributed by atoms with Gasteiger partial charge in [0.2, 0.25) is 0 Å².